The fraction of sp³-hybridized carbons (Fsp3) is 0.938. The number of rotatable bonds is 5. The van der Waals surface area contributed by atoms with Crippen molar-refractivity contribution in [1.29, 1.82) is 0 Å². The number of amides is 1. The zero-order chi connectivity index (χ0) is 15.9. The molecule has 0 aromatic carbocycles. The summed E-state index contributed by atoms with van der Waals surface area (Å²) in [5.74, 6) is 0.823. The summed E-state index contributed by atoms with van der Waals surface area (Å²) in [6, 6.07) is 0. The number of piperazine rings is 1. The topological polar surface area (TPSA) is 56.3 Å². The largest absolute Gasteiger partial charge is 0.450 e. The van der Waals surface area contributed by atoms with Gasteiger partial charge in [0.05, 0.1) is 12.7 Å². The third-order valence-corrected chi connectivity index (χ3v) is 4.71. The summed E-state index contributed by atoms with van der Waals surface area (Å²) in [4.78, 5) is 18.0. The van der Waals surface area contributed by atoms with E-state index in [0.717, 1.165) is 38.6 Å². The average molecular weight is 313 g/mol. The number of carbonyl (C=O) groups excluding carboxylic acids is 1. The lowest BCUT2D eigenvalue weighted by molar-refractivity contribution is 0.0386. The summed E-state index contributed by atoms with van der Waals surface area (Å²) in [7, 11) is 0. The number of β-amino-alcohol motifs (C(OH)–C–C–N with tert-alkyl or cyclic N) is 1. The highest BCUT2D eigenvalue weighted by Gasteiger charge is 2.24. The summed E-state index contributed by atoms with van der Waals surface area (Å²) in [5, 5.41) is 10.3. The Morgan fingerprint density at radius 3 is 2.18 bits per heavy atom. The highest BCUT2D eigenvalue weighted by molar-refractivity contribution is 5.67. The van der Waals surface area contributed by atoms with Gasteiger partial charge in [-0.1, -0.05) is 6.92 Å². The van der Waals surface area contributed by atoms with Crippen LogP contribution in [0.4, 0.5) is 4.79 Å². The molecule has 1 unspecified atom stereocenters. The van der Waals surface area contributed by atoms with Crippen molar-refractivity contribution < 1.29 is 14.6 Å². The molecular formula is C16H31N3O3. The lowest BCUT2D eigenvalue weighted by Gasteiger charge is -2.36. The number of aliphatic hydroxyl groups is 1. The van der Waals surface area contributed by atoms with Gasteiger partial charge in [0.25, 0.3) is 0 Å². The van der Waals surface area contributed by atoms with E-state index in [0.29, 0.717) is 26.2 Å². The predicted octanol–water partition coefficient (Wildman–Crippen LogP) is 0.853. The quantitative estimate of drug-likeness (QED) is 0.816. The zero-order valence-electron chi connectivity index (χ0n) is 14.0. The van der Waals surface area contributed by atoms with Gasteiger partial charge >= 0.3 is 6.09 Å². The molecule has 6 nitrogen and oxygen atoms in total. The molecule has 2 saturated heterocycles. The first-order valence-corrected chi connectivity index (χ1v) is 8.63. The molecular weight excluding hydrogens is 282 g/mol. The Balaban J connectivity index is 1.64. The number of likely N-dealkylation sites (tertiary alicyclic amines) is 1. The van der Waals surface area contributed by atoms with Gasteiger partial charge < -0.3 is 19.6 Å². The van der Waals surface area contributed by atoms with Crippen molar-refractivity contribution >= 4 is 6.09 Å². The molecule has 0 aromatic heterocycles. The van der Waals surface area contributed by atoms with E-state index in [4.69, 9.17) is 4.74 Å². The predicted molar refractivity (Wildman–Crippen MR) is 85.9 cm³/mol. The summed E-state index contributed by atoms with van der Waals surface area (Å²) >= 11 is 0. The van der Waals surface area contributed by atoms with Crippen molar-refractivity contribution in [2.45, 2.75) is 32.8 Å². The van der Waals surface area contributed by atoms with E-state index < -0.39 is 0 Å². The standard InChI is InChI=1S/C16H31N3O3/c1-3-22-16(21)19-10-8-18(9-11-19)13-15(20)12-17-6-4-14(2)5-7-17/h14-15,20H,3-13H2,1-2H3. The summed E-state index contributed by atoms with van der Waals surface area (Å²) in [6.07, 6.45) is 1.96. The van der Waals surface area contributed by atoms with Crippen LogP contribution in [0.25, 0.3) is 0 Å². The van der Waals surface area contributed by atoms with Gasteiger partial charge in [-0.3, -0.25) is 4.90 Å². The molecule has 1 N–H and O–H groups in total. The molecule has 2 heterocycles. The van der Waals surface area contributed by atoms with E-state index in [1.807, 2.05) is 6.92 Å². The summed E-state index contributed by atoms with van der Waals surface area (Å²) in [5.41, 5.74) is 0. The van der Waals surface area contributed by atoms with E-state index in [2.05, 4.69) is 16.7 Å². The fourth-order valence-corrected chi connectivity index (χ4v) is 3.23. The van der Waals surface area contributed by atoms with Gasteiger partial charge in [-0.2, -0.15) is 0 Å². The zero-order valence-corrected chi connectivity index (χ0v) is 14.0. The molecule has 1 amide bonds. The first-order chi connectivity index (χ1) is 10.6. The molecule has 1 atom stereocenters. The van der Waals surface area contributed by atoms with Crippen molar-refractivity contribution in [3.05, 3.63) is 0 Å². The van der Waals surface area contributed by atoms with Crippen molar-refractivity contribution in [3.63, 3.8) is 0 Å². The van der Waals surface area contributed by atoms with E-state index in [1.165, 1.54) is 12.8 Å². The molecule has 0 bridgehead atoms. The number of aliphatic hydroxyl groups excluding tert-OH is 1. The van der Waals surface area contributed by atoms with Crippen molar-refractivity contribution in [1.82, 2.24) is 14.7 Å². The second-order valence-corrected chi connectivity index (χ2v) is 6.62. The Bertz CT molecular complexity index is 338. The number of piperidine rings is 1. The van der Waals surface area contributed by atoms with Crippen LogP contribution in [0.2, 0.25) is 0 Å². The van der Waals surface area contributed by atoms with Crippen LogP contribution in [0.3, 0.4) is 0 Å². The number of nitrogens with zero attached hydrogens (tertiary/aromatic N) is 3. The Morgan fingerprint density at radius 1 is 1.09 bits per heavy atom. The molecule has 0 aromatic rings. The molecule has 0 radical (unpaired) electrons. The third-order valence-electron chi connectivity index (χ3n) is 4.71. The lowest BCUT2D eigenvalue weighted by atomic mass is 9.99. The minimum absolute atomic E-state index is 0.217. The van der Waals surface area contributed by atoms with E-state index in [1.54, 1.807) is 4.90 Å². The van der Waals surface area contributed by atoms with E-state index in [-0.39, 0.29) is 12.2 Å². The third kappa shape index (κ3) is 5.41. The molecule has 128 valence electrons. The van der Waals surface area contributed by atoms with Crippen molar-refractivity contribution in [2.24, 2.45) is 5.92 Å². The second-order valence-electron chi connectivity index (χ2n) is 6.62. The van der Waals surface area contributed by atoms with Crippen LogP contribution in [0.5, 0.6) is 0 Å². The van der Waals surface area contributed by atoms with Gasteiger partial charge in [-0.25, -0.2) is 4.79 Å². The van der Waals surface area contributed by atoms with Gasteiger partial charge in [-0.15, -0.1) is 0 Å². The average Bonchev–Trinajstić information content (AvgIpc) is 2.50. The Kier molecular flexibility index (Phi) is 6.92. The van der Waals surface area contributed by atoms with Gasteiger partial charge in [0.1, 0.15) is 0 Å². The fourth-order valence-electron chi connectivity index (χ4n) is 3.23. The van der Waals surface area contributed by atoms with Crippen LogP contribution in [0.15, 0.2) is 0 Å². The molecule has 2 aliphatic heterocycles. The molecule has 22 heavy (non-hydrogen) atoms. The normalized spacial score (nSPS) is 23.5. The van der Waals surface area contributed by atoms with Gasteiger partial charge in [0.15, 0.2) is 0 Å². The molecule has 0 aliphatic carbocycles. The Hall–Kier alpha value is -0.850. The Morgan fingerprint density at radius 2 is 1.64 bits per heavy atom. The molecule has 2 fully saturated rings. The van der Waals surface area contributed by atoms with Crippen LogP contribution >= 0.6 is 0 Å². The number of ether oxygens (including phenoxy) is 1. The lowest BCUT2D eigenvalue weighted by Crippen LogP contribution is -2.51. The maximum atomic E-state index is 11.6. The minimum Gasteiger partial charge on any atom is -0.450 e. The molecule has 6 heteroatoms. The van der Waals surface area contributed by atoms with E-state index >= 15 is 0 Å². The maximum Gasteiger partial charge on any atom is 0.409 e. The first-order valence-electron chi connectivity index (χ1n) is 8.63. The molecule has 0 spiro atoms. The minimum atomic E-state index is -0.303. The Labute approximate surface area is 134 Å². The van der Waals surface area contributed by atoms with Crippen LogP contribution in [-0.4, -0.2) is 91.0 Å². The maximum absolute atomic E-state index is 11.6. The summed E-state index contributed by atoms with van der Waals surface area (Å²) < 4.78 is 5.02. The first kappa shape index (κ1) is 17.5. The van der Waals surface area contributed by atoms with Crippen LogP contribution in [-0.2, 0) is 4.74 Å². The highest BCUT2D eigenvalue weighted by atomic mass is 16.6. The number of carbonyl (C=O) groups is 1. The second kappa shape index (κ2) is 8.70. The smallest absolute Gasteiger partial charge is 0.409 e. The SMILES string of the molecule is CCOC(=O)N1CCN(CC(O)CN2CCC(C)CC2)CC1. The van der Waals surface area contributed by atoms with Crippen molar-refractivity contribution in [3.8, 4) is 0 Å². The highest BCUT2D eigenvalue weighted by Crippen LogP contribution is 2.16. The van der Waals surface area contributed by atoms with E-state index in [9.17, 15) is 9.90 Å². The number of hydrogen-bond acceptors (Lipinski definition) is 5. The van der Waals surface area contributed by atoms with Crippen LogP contribution in [0.1, 0.15) is 26.7 Å². The van der Waals surface area contributed by atoms with Crippen molar-refractivity contribution in [2.75, 3.05) is 59.0 Å². The monoisotopic (exact) mass is 313 g/mol. The van der Waals surface area contributed by atoms with Gasteiger partial charge in [0.2, 0.25) is 0 Å². The van der Waals surface area contributed by atoms with Gasteiger partial charge in [-0.05, 0) is 38.8 Å². The van der Waals surface area contributed by atoms with Crippen LogP contribution in [0, 0.1) is 5.92 Å². The molecule has 2 aliphatic rings. The number of hydrogen-bond donors (Lipinski definition) is 1. The van der Waals surface area contributed by atoms with Crippen LogP contribution < -0.4 is 0 Å². The van der Waals surface area contributed by atoms with Gasteiger partial charge in [0, 0.05) is 39.3 Å². The molecule has 0 saturated carbocycles. The molecule has 2 rings (SSSR count). The summed E-state index contributed by atoms with van der Waals surface area (Å²) in [6.45, 7) is 11.2.